The molecule has 0 saturated heterocycles. The SMILES string of the molecule is CNC/C(=C\F)COc1ccc(S(=O)(=O)NC(C)(C)C)cc1. The van der Waals surface area contributed by atoms with Gasteiger partial charge in [-0.1, -0.05) is 0 Å². The first kappa shape index (κ1) is 18.6. The Balaban J connectivity index is 2.75. The van der Waals surface area contributed by atoms with Crippen LogP contribution in [-0.4, -0.2) is 34.2 Å². The first-order valence-electron chi connectivity index (χ1n) is 6.87. The summed E-state index contributed by atoms with van der Waals surface area (Å²) < 4.78 is 44.8. The van der Waals surface area contributed by atoms with Crippen LogP contribution in [0.3, 0.4) is 0 Å². The number of sulfonamides is 1. The topological polar surface area (TPSA) is 67.4 Å². The lowest BCUT2D eigenvalue weighted by Crippen LogP contribution is -2.40. The van der Waals surface area contributed by atoms with E-state index in [1.54, 1.807) is 40.0 Å². The largest absolute Gasteiger partial charge is 0.489 e. The Bertz CT molecular complexity index is 605. The van der Waals surface area contributed by atoms with Gasteiger partial charge in [0, 0.05) is 17.7 Å². The van der Waals surface area contributed by atoms with Crippen molar-refractivity contribution in [1.29, 1.82) is 0 Å². The molecule has 7 heteroatoms. The van der Waals surface area contributed by atoms with Gasteiger partial charge in [-0.05, 0) is 52.1 Å². The van der Waals surface area contributed by atoms with Gasteiger partial charge in [0.1, 0.15) is 12.4 Å². The highest BCUT2D eigenvalue weighted by atomic mass is 32.2. The molecule has 0 aliphatic rings. The lowest BCUT2D eigenvalue weighted by atomic mass is 10.1. The van der Waals surface area contributed by atoms with E-state index in [2.05, 4.69) is 10.0 Å². The van der Waals surface area contributed by atoms with Crippen LogP contribution in [0.5, 0.6) is 5.75 Å². The van der Waals surface area contributed by atoms with Crippen molar-refractivity contribution in [2.24, 2.45) is 0 Å². The minimum absolute atomic E-state index is 0.101. The molecule has 1 aromatic rings. The highest BCUT2D eigenvalue weighted by molar-refractivity contribution is 7.89. The predicted octanol–water partition coefficient (Wildman–Crippen LogP) is 2.21. The molecule has 0 unspecified atom stereocenters. The number of hydrogen-bond donors (Lipinski definition) is 2. The fourth-order valence-corrected chi connectivity index (χ4v) is 3.12. The molecule has 124 valence electrons. The molecule has 0 spiro atoms. The molecule has 0 amide bonds. The van der Waals surface area contributed by atoms with Gasteiger partial charge in [-0.25, -0.2) is 17.5 Å². The van der Waals surface area contributed by atoms with Crippen molar-refractivity contribution in [2.75, 3.05) is 20.2 Å². The number of hydrogen-bond acceptors (Lipinski definition) is 4. The standard InChI is InChI=1S/C15H23FN2O3S/c1-15(2,3)18-22(19,20)14-7-5-13(6-8-14)21-11-12(9-16)10-17-4/h5-9,17-18H,10-11H2,1-4H3/b12-9+. The van der Waals surface area contributed by atoms with Gasteiger partial charge in [-0.2, -0.15) is 0 Å². The zero-order chi connectivity index (χ0) is 16.8. The number of ether oxygens (including phenoxy) is 1. The summed E-state index contributed by atoms with van der Waals surface area (Å²) in [5, 5.41) is 2.83. The van der Waals surface area contributed by atoms with Gasteiger partial charge in [-0.3, -0.25) is 0 Å². The molecule has 5 nitrogen and oxygen atoms in total. The first-order chi connectivity index (χ1) is 10.2. The molecule has 0 fully saturated rings. The van der Waals surface area contributed by atoms with Crippen molar-refractivity contribution < 1.29 is 17.5 Å². The Kier molecular flexibility index (Phi) is 6.52. The fourth-order valence-electron chi connectivity index (χ4n) is 1.70. The molecule has 0 atom stereocenters. The number of likely N-dealkylation sites (N-methyl/N-ethyl adjacent to an activating group) is 1. The molecule has 22 heavy (non-hydrogen) atoms. The minimum Gasteiger partial charge on any atom is -0.489 e. The first-order valence-corrected chi connectivity index (χ1v) is 8.36. The van der Waals surface area contributed by atoms with Crippen molar-refractivity contribution in [1.82, 2.24) is 10.0 Å². The lowest BCUT2D eigenvalue weighted by Gasteiger charge is -2.20. The third-order valence-corrected chi connectivity index (χ3v) is 4.33. The summed E-state index contributed by atoms with van der Waals surface area (Å²) in [4.78, 5) is 0.159. The van der Waals surface area contributed by atoms with Crippen LogP contribution < -0.4 is 14.8 Å². The van der Waals surface area contributed by atoms with Gasteiger partial charge < -0.3 is 10.1 Å². The highest BCUT2D eigenvalue weighted by Gasteiger charge is 2.21. The van der Waals surface area contributed by atoms with Gasteiger partial charge >= 0.3 is 0 Å². The second-order valence-corrected chi connectivity index (χ2v) is 7.60. The average Bonchev–Trinajstić information content (AvgIpc) is 2.41. The third kappa shape index (κ3) is 6.13. The fraction of sp³-hybridized carbons (Fsp3) is 0.467. The molecule has 0 bridgehead atoms. The van der Waals surface area contributed by atoms with Gasteiger partial charge in [0.05, 0.1) is 11.2 Å². The molecule has 2 N–H and O–H groups in total. The molecular weight excluding hydrogens is 307 g/mol. The lowest BCUT2D eigenvalue weighted by molar-refractivity contribution is 0.345. The van der Waals surface area contributed by atoms with Gasteiger partial charge in [0.25, 0.3) is 0 Å². The Labute approximate surface area is 131 Å². The van der Waals surface area contributed by atoms with Crippen LogP contribution in [0, 0.1) is 0 Å². The monoisotopic (exact) mass is 330 g/mol. The number of rotatable bonds is 7. The summed E-state index contributed by atoms with van der Waals surface area (Å²) in [5.41, 5.74) is -0.0873. The second kappa shape index (κ2) is 7.71. The van der Waals surface area contributed by atoms with Crippen molar-refractivity contribution in [3.63, 3.8) is 0 Å². The average molecular weight is 330 g/mol. The number of halogens is 1. The van der Waals surface area contributed by atoms with Crippen LogP contribution in [0.15, 0.2) is 41.1 Å². The molecular formula is C15H23FN2O3S. The zero-order valence-electron chi connectivity index (χ0n) is 13.3. The molecule has 0 aliphatic heterocycles. The molecule has 0 aromatic heterocycles. The third-order valence-electron chi connectivity index (χ3n) is 2.56. The van der Waals surface area contributed by atoms with E-state index >= 15 is 0 Å². The van der Waals surface area contributed by atoms with Crippen LogP contribution in [0.2, 0.25) is 0 Å². The quantitative estimate of drug-likeness (QED) is 0.804. The summed E-state index contributed by atoms with van der Waals surface area (Å²) in [6, 6.07) is 6.01. The summed E-state index contributed by atoms with van der Waals surface area (Å²) in [6.45, 7) is 5.81. The number of nitrogens with one attached hydrogen (secondary N) is 2. The molecule has 1 aromatic carbocycles. The smallest absolute Gasteiger partial charge is 0.241 e. The van der Waals surface area contributed by atoms with Gasteiger partial charge in [0.15, 0.2) is 0 Å². The summed E-state index contributed by atoms with van der Waals surface area (Å²) in [6.07, 6.45) is 0.503. The van der Waals surface area contributed by atoms with E-state index in [0.717, 1.165) is 0 Å². The van der Waals surface area contributed by atoms with Crippen LogP contribution in [-0.2, 0) is 10.0 Å². The van der Waals surface area contributed by atoms with E-state index < -0.39 is 15.6 Å². The maximum atomic E-state index is 12.6. The van der Waals surface area contributed by atoms with Crippen LogP contribution in [0.4, 0.5) is 4.39 Å². The summed E-state index contributed by atoms with van der Waals surface area (Å²) >= 11 is 0. The normalized spacial score (nSPS) is 13.2. The Morgan fingerprint density at radius 3 is 2.32 bits per heavy atom. The van der Waals surface area contributed by atoms with Crippen LogP contribution in [0.25, 0.3) is 0 Å². The van der Waals surface area contributed by atoms with E-state index in [1.165, 1.54) is 12.1 Å². The summed E-state index contributed by atoms with van der Waals surface area (Å²) in [5.74, 6) is 0.477. The number of benzene rings is 1. The van der Waals surface area contributed by atoms with Crippen molar-refractivity contribution in [3.05, 3.63) is 36.2 Å². The Morgan fingerprint density at radius 2 is 1.86 bits per heavy atom. The van der Waals surface area contributed by atoms with Gasteiger partial charge in [0.2, 0.25) is 10.0 Å². The van der Waals surface area contributed by atoms with Crippen molar-refractivity contribution in [2.45, 2.75) is 31.2 Å². The van der Waals surface area contributed by atoms with E-state index in [4.69, 9.17) is 4.74 Å². The molecule has 1 rings (SSSR count). The maximum Gasteiger partial charge on any atom is 0.241 e. The van der Waals surface area contributed by atoms with E-state index in [-0.39, 0.29) is 11.5 Å². The highest BCUT2D eigenvalue weighted by Crippen LogP contribution is 2.18. The van der Waals surface area contributed by atoms with E-state index in [0.29, 0.717) is 24.2 Å². The van der Waals surface area contributed by atoms with Crippen molar-refractivity contribution in [3.8, 4) is 5.75 Å². The Morgan fingerprint density at radius 1 is 1.27 bits per heavy atom. The van der Waals surface area contributed by atoms with Crippen LogP contribution in [0.1, 0.15) is 20.8 Å². The molecule has 0 radical (unpaired) electrons. The Hall–Kier alpha value is -1.44. The van der Waals surface area contributed by atoms with Gasteiger partial charge in [-0.15, -0.1) is 0 Å². The second-order valence-electron chi connectivity index (χ2n) is 5.91. The molecule has 0 aliphatic carbocycles. The van der Waals surface area contributed by atoms with E-state index in [9.17, 15) is 12.8 Å². The van der Waals surface area contributed by atoms with Crippen LogP contribution >= 0.6 is 0 Å². The summed E-state index contributed by atoms with van der Waals surface area (Å²) in [7, 11) is -1.85. The zero-order valence-corrected chi connectivity index (χ0v) is 14.1. The maximum absolute atomic E-state index is 12.6. The minimum atomic E-state index is -3.57. The molecule has 0 heterocycles. The van der Waals surface area contributed by atoms with E-state index in [1.807, 2.05) is 0 Å². The predicted molar refractivity (Wildman–Crippen MR) is 85.1 cm³/mol. The van der Waals surface area contributed by atoms with Crippen molar-refractivity contribution >= 4 is 10.0 Å². The molecule has 0 saturated carbocycles.